The first-order chi connectivity index (χ1) is 8.54. The van der Waals surface area contributed by atoms with E-state index in [9.17, 15) is 14.7 Å². The highest BCUT2D eigenvalue weighted by molar-refractivity contribution is 7.99. The summed E-state index contributed by atoms with van der Waals surface area (Å²) in [6, 6.07) is 4.73. The predicted molar refractivity (Wildman–Crippen MR) is 70.9 cm³/mol. The molecule has 1 rings (SSSR count). The third-order valence-corrected chi connectivity index (χ3v) is 3.22. The summed E-state index contributed by atoms with van der Waals surface area (Å²) >= 11 is 1.34. The first kappa shape index (κ1) is 14.6. The third-order valence-electron chi connectivity index (χ3n) is 2.27. The topological polar surface area (TPSA) is 63.6 Å². The Kier molecular flexibility index (Phi) is 5.71. The number of hydrogen-bond donors (Lipinski definition) is 1. The van der Waals surface area contributed by atoms with Crippen molar-refractivity contribution in [1.82, 2.24) is 0 Å². The van der Waals surface area contributed by atoms with Crippen LogP contribution in [0.15, 0.2) is 18.2 Å². The Balaban J connectivity index is 2.58. The number of carbonyl (C=O) groups is 2. The van der Waals surface area contributed by atoms with E-state index >= 15 is 0 Å². The van der Waals surface area contributed by atoms with Gasteiger partial charge in [0, 0.05) is 16.9 Å². The highest BCUT2D eigenvalue weighted by Gasteiger charge is 2.08. The molecule has 0 spiro atoms. The van der Waals surface area contributed by atoms with E-state index in [0.717, 1.165) is 0 Å². The van der Waals surface area contributed by atoms with Crippen LogP contribution in [0.5, 0.6) is 5.75 Å². The number of phenolic OH excluding ortho intramolecular Hbond substituents is 1. The Bertz CT molecular complexity index is 443. The molecular weight excluding hydrogens is 252 g/mol. The van der Waals surface area contributed by atoms with Crippen LogP contribution in [-0.4, -0.2) is 29.2 Å². The molecule has 0 saturated heterocycles. The molecule has 0 saturated carbocycles. The van der Waals surface area contributed by atoms with Gasteiger partial charge in [0.25, 0.3) is 0 Å². The van der Waals surface area contributed by atoms with Gasteiger partial charge in [0.05, 0.1) is 12.4 Å². The van der Waals surface area contributed by atoms with Crippen LogP contribution >= 0.6 is 11.8 Å². The maximum absolute atomic E-state index is 11.2. The van der Waals surface area contributed by atoms with Gasteiger partial charge in [0.1, 0.15) is 5.75 Å². The second-order valence-corrected chi connectivity index (χ2v) is 4.68. The molecule has 18 heavy (non-hydrogen) atoms. The lowest BCUT2D eigenvalue weighted by atomic mass is 10.1. The van der Waals surface area contributed by atoms with Gasteiger partial charge in [0.2, 0.25) is 0 Å². The van der Waals surface area contributed by atoms with Crippen molar-refractivity contribution in [2.45, 2.75) is 19.6 Å². The molecule has 1 aromatic carbocycles. The number of Topliss-reactive ketones (excluding diaryl/α,β-unsaturated/α-hetero) is 1. The number of carbonyl (C=O) groups excluding carboxylic acids is 2. The third kappa shape index (κ3) is 4.41. The highest BCUT2D eigenvalue weighted by atomic mass is 32.2. The van der Waals surface area contributed by atoms with E-state index in [-0.39, 0.29) is 23.3 Å². The van der Waals surface area contributed by atoms with E-state index in [0.29, 0.717) is 23.5 Å². The smallest absolute Gasteiger partial charge is 0.315 e. The molecule has 0 heterocycles. The number of thioether (sulfide) groups is 1. The summed E-state index contributed by atoms with van der Waals surface area (Å²) in [5, 5.41) is 9.64. The van der Waals surface area contributed by atoms with Gasteiger partial charge in [-0.25, -0.2) is 0 Å². The van der Waals surface area contributed by atoms with Gasteiger partial charge in [-0.15, -0.1) is 11.8 Å². The largest absolute Gasteiger partial charge is 0.508 e. The molecule has 98 valence electrons. The normalized spacial score (nSPS) is 10.1. The zero-order valence-electron chi connectivity index (χ0n) is 10.4. The van der Waals surface area contributed by atoms with Crippen LogP contribution in [0.4, 0.5) is 0 Å². The number of esters is 1. The molecule has 0 fully saturated rings. The van der Waals surface area contributed by atoms with Crippen LogP contribution in [-0.2, 0) is 15.3 Å². The number of aromatic hydroxyl groups is 1. The summed E-state index contributed by atoms with van der Waals surface area (Å²) in [7, 11) is 0. The van der Waals surface area contributed by atoms with Crippen molar-refractivity contribution in [2.75, 3.05) is 12.4 Å². The number of benzene rings is 1. The Morgan fingerprint density at radius 2 is 2.11 bits per heavy atom. The summed E-state index contributed by atoms with van der Waals surface area (Å²) in [5.74, 6) is 0.510. The molecule has 0 amide bonds. The average Bonchev–Trinajstić information content (AvgIpc) is 2.31. The molecule has 0 atom stereocenters. The lowest BCUT2D eigenvalue weighted by Crippen LogP contribution is -2.06. The molecule has 0 bridgehead atoms. The molecule has 0 aromatic heterocycles. The number of phenols is 1. The fourth-order valence-corrected chi connectivity index (χ4v) is 2.17. The molecule has 0 radical (unpaired) electrons. The van der Waals surface area contributed by atoms with Crippen LogP contribution < -0.4 is 0 Å². The van der Waals surface area contributed by atoms with Crippen molar-refractivity contribution in [3.8, 4) is 5.75 Å². The molecule has 0 aliphatic carbocycles. The van der Waals surface area contributed by atoms with Gasteiger partial charge in [0.15, 0.2) is 5.78 Å². The summed E-state index contributed by atoms with van der Waals surface area (Å²) in [6.45, 7) is 3.59. The minimum atomic E-state index is -0.273. The lowest BCUT2D eigenvalue weighted by molar-refractivity contribution is -0.139. The van der Waals surface area contributed by atoms with E-state index in [1.807, 2.05) is 0 Å². The van der Waals surface area contributed by atoms with Crippen LogP contribution in [0.3, 0.4) is 0 Å². The van der Waals surface area contributed by atoms with Gasteiger partial charge >= 0.3 is 5.97 Å². The average molecular weight is 268 g/mol. The second-order valence-electron chi connectivity index (χ2n) is 3.70. The molecule has 4 nitrogen and oxygen atoms in total. The number of ketones is 1. The van der Waals surface area contributed by atoms with E-state index in [2.05, 4.69) is 0 Å². The van der Waals surface area contributed by atoms with Gasteiger partial charge in [-0.3, -0.25) is 9.59 Å². The minimum Gasteiger partial charge on any atom is -0.508 e. The second kappa shape index (κ2) is 7.06. The van der Waals surface area contributed by atoms with E-state index in [4.69, 9.17) is 4.74 Å². The number of ether oxygens (including phenoxy) is 1. The summed E-state index contributed by atoms with van der Waals surface area (Å²) in [5.41, 5.74) is 1.21. The molecule has 1 aromatic rings. The van der Waals surface area contributed by atoms with Crippen molar-refractivity contribution >= 4 is 23.5 Å². The van der Waals surface area contributed by atoms with Gasteiger partial charge in [-0.05, 0) is 32.0 Å². The number of hydrogen-bond acceptors (Lipinski definition) is 5. The Labute approximate surface area is 110 Å². The minimum absolute atomic E-state index is 0.0494. The maximum atomic E-state index is 11.2. The Morgan fingerprint density at radius 3 is 2.72 bits per heavy atom. The molecular formula is C13H16O4S. The summed E-state index contributed by atoms with van der Waals surface area (Å²) in [6.07, 6.45) is 0. The summed E-state index contributed by atoms with van der Waals surface area (Å²) < 4.78 is 4.80. The standard InChI is InChI=1S/C13H16O4S/c1-3-17-13(16)8-18-7-11-6-10(9(2)14)4-5-12(11)15/h4-6,15H,3,7-8H2,1-2H3. The zero-order chi connectivity index (χ0) is 13.5. The van der Waals surface area contributed by atoms with Crippen molar-refractivity contribution < 1.29 is 19.4 Å². The van der Waals surface area contributed by atoms with Crippen molar-refractivity contribution in [2.24, 2.45) is 0 Å². The first-order valence-electron chi connectivity index (χ1n) is 5.60. The predicted octanol–water partition coefficient (Wildman–Crippen LogP) is 2.39. The number of rotatable bonds is 6. The van der Waals surface area contributed by atoms with E-state index < -0.39 is 0 Å². The quantitative estimate of drug-likeness (QED) is 0.634. The van der Waals surface area contributed by atoms with Crippen LogP contribution in [0, 0.1) is 0 Å². The van der Waals surface area contributed by atoms with Crippen LogP contribution in [0.1, 0.15) is 29.8 Å². The summed E-state index contributed by atoms with van der Waals surface area (Å²) in [4.78, 5) is 22.3. The Morgan fingerprint density at radius 1 is 1.39 bits per heavy atom. The lowest BCUT2D eigenvalue weighted by Gasteiger charge is -2.06. The molecule has 0 aliphatic heterocycles. The van der Waals surface area contributed by atoms with Gasteiger partial charge in [-0.1, -0.05) is 0 Å². The monoisotopic (exact) mass is 268 g/mol. The SMILES string of the molecule is CCOC(=O)CSCc1cc(C(C)=O)ccc1O. The van der Waals surface area contributed by atoms with Crippen LogP contribution in [0.2, 0.25) is 0 Å². The highest BCUT2D eigenvalue weighted by Crippen LogP contribution is 2.23. The first-order valence-corrected chi connectivity index (χ1v) is 6.76. The van der Waals surface area contributed by atoms with Crippen molar-refractivity contribution in [3.05, 3.63) is 29.3 Å². The van der Waals surface area contributed by atoms with Gasteiger partial charge in [-0.2, -0.15) is 0 Å². The van der Waals surface area contributed by atoms with Crippen LogP contribution in [0.25, 0.3) is 0 Å². The zero-order valence-corrected chi connectivity index (χ0v) is 11.3. The van der Waals surface area contributed by atoms with Crippen molar-refractivity contribution in [1.29, 1.82) is 0 Å². The molecule has 1 N–H and O–H groups in total. The fourth-order valence-electron chi connectivity index (χ4n) is 1.37. The maximum Gasteiger partial charge on any atom is 0.315 e. The molecule has 0 unspecified atom stereocenters. The van der Waals surface area contributed by atoms with E-state index in [1.165, 1.54) is 24.8 Å². The Hall–Kier alpha value is -1.49. The van der Waals surface area contributed by atoms with Crippen molar-refractivity contribution in [3.63, 3.8) is 0 Å². The fraction of sp³-hybridized carbons (Fsp3) is 0.385. The molecule has 5 heteroatoms. The van der Waals surface area contributed by atoms with Gasteiger partial charge < -0.3 is 9.84 Å². The van der Waals surface area contributed by atoms with E-state index in [1.54, 1.807) is 19.1 Å². The molecule has 0 aliphatic rings.